The van der Waals surface area contributed by atoms with Gasteiger partial charge < -0.3 is 10.6 Å². The van der Waals surface area contributed by atoms with E-state index in [1.165, 1.54) is 24.5 Å². The van der Waals surface area contributed by atoms with E-state index in [4.69, 9.17) is 0 Å². The lowest BCUT2D eigenvalue weighted by Crippen LogP contribution is -2.14. The molecule has 0 bridgehead atoms. The SMILES string of the molecule is Cc1ccc(NC(=O)c2cnc(NCCc3ccc(F)cc3)nc2)c(C)c1. The van der Waals surface area contributed by atoms with Gasteiger partial charge in [-0.3, -0.25) is 4.79 Å². The molecule has 0 aliphatic carbocycles. The molecular formula is C21H21FN4O. The third-order valence-electron chi connectivity index (χ3n) is 4.15. The number of hydrogen-bond donors (Lipinski definition) is 2. The molecule has 3 rings (SSSR count). The number of carbonyl (C=O) groups is 1. The predicted octanol–water partition coefficient (Wildman–Crippen LogP) is 4.14. The highest BCUT2D eigenvalue weighted by molar-refractivity contribution is 6.04. The third-order valence-corrected chi connectivity index (χ3v) is 4.15. The molecule has 0 fully saturated rings. The second-order valence-electron chi connectivity index (χ2n) is 6.37. The first kappa shape index (κ1) is 18.5. The summed E-state index contributed by atoms with van der Waals surface area (Å²) in [5, 5.41) is 5.96. The van der Waals surface area contributed by atoms with Crippen molar-refractivity contribution in [2.45, 2.75) is 20.3 Å². The number of rotatable bonds is 6. The summed E-state index contributed by atoms with van der Waals surface area (Å²) in [6.45, 7) is 4.57. The van der Waals surface area contributed by atoms with Crippen LogP contribution in [-0.2, 0) is 6.42 Å². The Morgan fingerprint density at radius 1 is 1.04 bits per heavy atom. The molecule has 138 valence electrons. The van der Waals surface area contributed by atoms with Gasteiger partial charge in [0.25, 0.3) is 5.91 Å². The number of nitrogens with zero attached hydrogens (tertiary/aromatic N) is 2. The van der Waals surface area contributed by atoms with E-state index in [0.717, 1.165) is 28.8 Å². The van der Waals surface area contributed by atoms with Crippen LogP contribution in [0.15, 0.2) is 54.9 Å². The number of aryl methyl sites for hydroxylation is 2. The summed E-state index contributed by atoms with van der Waals surface area (Å²) in [6, 6.07) is 12.2. The summed E-state index contributed by atoms with van der Waals surface area (Å²) in [5.41, 5.74) is 4.33. The second-order valence-corrected chi connectivity index (χ2v) is 6.37. The quantitative estimate of drug-likeness (QED) is 0.690. The van der Waals surface area contributed by atoms with Crippen molar-refractivity contribution in [1.82, 2.24) is 9.97 Å². The van der Waals surface area contributed by atoms with E-state index in [1.54, 1.807) is 12.1 Å². The molecule has 2 aromatic carbocycles. The van der Waals surface area contributed by atoms with Gasteiger partial charge in [-0.25, -0.2) is 14.4 Å². The monoisotopic (exact) mass is 364 g/mol. The molecular weight excluding hydrogens is 343 g/mol. The topological polar surface area (TPSA) is 66.9 Å². The molecule has 3 aromatic rings. The maximum atomic E-state index is 12.9. The first-order valence-corrected chi connectivity index (χ1v) is 8.70. The van der Waals surface area contributed by atoms with Crippen LogP contribution >= 0.6 is 0 Å². The van der Waals surface area contributed by atoms with Crippen LogP contribution in [0.1, 0.15) is 27.0 Å². The van der Waals surface area contributed by atoms with Gasteiger partial charge in [0.15, 0.2) is 0 Å². The van der Waals surface area contributed by atoms with Gasteiger partial charge in [0.2, 0.25) is 5.95 Å². The summed E-state index contributed by atoms with van der Waals surface area (Å²) in [4.78, 5) is 20.7. The average Bonchev–Trinajstić information content (AvgIpc) is 2.66. The van der Waals surface area contributed by atoms with E-state index >= 15 is 0 Å². The van der Waals surface area contributed by atoms with Crippen molar-refractivity contribution in [3.8, 4) is 0 Å². The molecule has 1 heterocycles. The first-order valence-electron chi connectivity index (χ1n) is 8.70. The zero-order valence-electron chi connectivity index (χ0n) is 15.3. The van der Waals surface area contributed by atoms with Gasteiger partial charge in [0.05, 0.1) is 5.56 Å². The van der Waals surface area contributed by atoms with E-state index in [1.807, 2.05) is 32.0 Å². The van der Waals surface area contributed by atoms with Crippen molar-refractivity contribution in [3.05, 3.63) is 82.9 Å². The standard InChI is InChI=1S/C21H21FN4O/c1-14-3-8-19(15(2)11-14)26-20(27)17-12-24-21(25-13-17)23-10-9-16-4-6-18(22)7-5-16/h3-8,11-13H,9-10H2,1-2H3,(H,26,27)(H,23,24,25). The van der Waals surface area contributed by atoms with Crippen molar-refractivity contribution in [2.75, 3.05) is 17.2 Å². The highest BCUT2D eigenvalue weighted by atomic mass is 19.1. The summed E-state index contributed by atoms with van der Waals surface area (Å²) in [5.74, 6) is -0.0512. The van der Waals surface area contributed by atoms with Crippen LogP contribution in [0.2, 0.25) is 0 Å². The molecule has 1 amide bonds. The fourth-order valence-electron chi connectivity index (χ4n) is 2.65. The molecule has 0 saturated heterocycles. The zero-order valence-corrected chi connectivity index (χ0v) is 15.3. The van der Waals surface area contributed by atoms with Crippen molar-refractivity contribution in [1.29, 1.82) is 0 Å². The van der Waals surface area contributed by atoms with Crippen LogP contribution in [0.25, 0.3) is 0 Å². The number of carbonyl (C=O) groups excluding carboxylic acids is 1. The van der Waals surface area contributed by atoms with Gasteiger partial charge in [-0.2, -0.15) is 0 Å². The Kier molecular flexibility index (Phi) is 5.76. The van der Waals surface area contributed by atoms with Crippen LogP contribution in [0.3, 0.4) is 0 Å². The minimum atomic E-state index is -0.250. The zero-order chi connectivity index (χ0) is 19.2. The molecule has 6 heteroatoms. The number of nitrogens with one attached hydrogen (secondary N) is 2. The smallest absolute Gasteiger partial charge is 0.258 e. The number of aromatic nitrogens is 2. The maximum Gasteiger partial charge on any atom is 0.258 e. The molecule has 0 aliphatic rings. The van der Waals surface area contributed by atoms with Crippen LogP contribution in [0.4, 0.5) is 16.0 Å². The third kappa shape index (κ3) is 5.10. The first-order chi connectivity index (χ1) is 13.0. The second kappa shape index (κ2) is 8.40. The average molecular weight is 364 g/mol. The Labute approximate surface area is 157 Å². The van der Waals surface area contributed by atoms with Crippen molar-refractivity contribution < 1.29 is 9.18 Å². The van der Waals surface area contributed by atoms with Gasteiger partial charge in [-0.15, -0.1) is 0 Å². The lowest BCUT2D eigenvalue weighted by molar-refractivity contribution is 0.102. The molecule has 27 heavy (non-hydrogen) atoms. The lowest BCUT2D eigenvalue weighted by atomic mass is 10.1. The molecule has 0 aliphatic heterocycles. The van der Waals surface area contributed by atoms with Crippen molar-refractivity contribution in [3.63, 3.8) is 0 Å². The van der Waals surface area contributed by atoms with E-state index in [-0.39, 0.29) is 11.7 Å². The van der Waals surface area contributed by atoms with Gasteiger partial charge in [0.1, 0.15) is 5.82 Å². The number of halogens is 1. The van der Waals surface area contributed by atoms with E-state index in [0.29, 0.717) is 18.1 Å². The van der Waals surface area contributed by atoms with E-state index in [2.05, 4.69) is 20.6 Å². The minimum absolute atomic E-state index is 0.246. The molecule has 0 saturated carbocycles. The Hall–Kier alpha value is -3.28. The number of hydrogen-bond acceptors (Lipinski definition) is 4. The van der Waals surface area contributed by atoms with E-state index in [9.17, 15) is 9.18 Å². The van der Waals surface area contributed by atoms with Crippen molar-refractivity contribution in [2.24, 2.45) is 0 Å². The molecule has 0 atom stereocenters. The Morgan fingerprint density at radius 2 is 1.74 bits per heavy atom. The largest absolute Gasteiger partial charge is 0.354 e. The molecule has 0 spiro atoms. The van der Waals surface area contributed by atoms with Crippen LogP contribution in [-0.4, -0.2) is 22.4 Å². The summed E-state index contributed by atoms with van der Waals surface area (Å²) in [6.07, 6.45) is 3.71. The summed E-state index contributed by atoms with van der Waals surface area (Å²) in [7, 11) is 0. The fourth-order valence-corrected chi connectivity index (χ4v) is 2.65. The molecule has 1 aromatic heterocycles. The van der Waals surface area contributed by atoms with E-state index < -0.39 is 0 Å². The molecule has 0 radical (unpaired) electrons. The minimum Gasteiger partial charge on any atom is -0.354 e. The Morgan fingerprint density at radius 3 is 2.41 bits per heavy atom. The van der Waals surface area contributed by atoms with Crippen molar-refractivity contribution >= 4 is 17.5 Å². The van der Waals surface area contributed by atoms with Gasteiger partial charge in [0, 0.05) is 24.6 Å². The van der Waals surface area contributed by atoms with Gasteiger partial charge in [-0.05, 0) is 49.6 Å². The van der Waals surface area contributed by atoms with Crippen LogP contribution in [0, 0.1) is 19.7 Å². The van der Waals surface area contributed by atoms with Crippen LogP contribution < -0.4 is 10.6 Å². The molecule has 0 unspecified atom stereocenters. The predicted molar refractivity (Wildman–Crippen MR) is 104 cm³/mol. The Bertz CT molecular complexity index is 924. The highest BCUT2D eigenvalue weighted by Crippen LogP contribution is 2.17. The van der Waals surface area contributed by atoms with Gasteiger partial charge >= 0.3 is 0 Å². The molecule has 5 nitrogen and oxygen atoms in total. The van der Waals surface area contributed by atoms with Crippen LogP contribution in [0.5, 0.6) is 0 Å². The van der Waals surface area contributed by atoms with Gasteiger partial charge in [-0.1, -0.05) is 29.8 Å². The summed E-state index contributed by atoms with van der Waals surface area (Å²) < 4.78 is 12.9. The Balaban J connectivity index is 1.54. The normalized spacial score (nSPS) is 10.5. The number of anilines is 2. The molecule has 2 N–H and O–H groups in total. The summed E-state index contributed by atoms with van der Waals surface area (Å²) >= 11 is 0. The lowest BCUT2D eigenvalue weighted by Gasteiger charge is -2.09. The maximum absolute atomic E-state index is 12.9. The number of benzene rings is 2. The highest BCUT2D eigenvalue weighted by Gasteiger charge is 2.09. The fraction of sp³-hybridized carbons (Fsp3) is 0.190. The number of amides is 1.